The number of nitriles is 2. The lowest BCUT2D eigenvalue weighted by Crippen LogP contribution is -2.16. The molecule has 3 aromatic carbocycles. The summed E-state index contributed by atoms with van der Waals surface area (Å²) >= 11 is 0. The van der Waals surface area contributed by atoms with Gasteiger partial charge in [0.25, 0.3) is 0 Å². The van der Waals surface area contributed by atoms with Crippen molar-refractivity contribution in [1.82, 2.24) is 0 Å². The molecule has 174 valence electrons. The lowest BCUT2D eigenvalue weighted by atomic mass is 10.0. The molecule has 8 nitrogen and oxygen atoms in total. The molecule has 0 N–H and O–H groups in total. The number of ether oxygens (including phenoxy) is 4. The zero-order valence-electron chi connectivity index (χ0n) is 20.0. The molecule has 0 aliphatic carbocycles. The van der Waals surface area contributed by atoms with Crippen LogP contribution in [0, 0.1) is 22.7 Å². The fraction of sp³-hybridized carbons (Fsp3) is 0.231. The fourth-order valence-electron chi connectivity index (χ4n) is 3.69. The maximum Gasteiger partial charge on any atom is 0.146 e. The fourth-order valence-corrected chi connectivity index (χ4v) is 3.69. The van der Waals surface area contributed by atoms with E-state index < -0.39 is 0 Å². The van der Waals surface area contributed by atoms with Gasteiger partial charge in [-0.15, -0.1) is 0 Å². The molecule has 0 spiro atoms. The van der Waals surface area contributed by atoms with E-state index in [0.717, 1.165) is 11.4 Å². The number of methoxy groups -OCH3 is 4. The number of benzene rings is 3. The minimum Gasteiger partial charge on any atom is -0.497 e. The first-order valence-electron chi connectivity index (χ1n) is 10.3. The molecule has 3 rings (SSSR count). The van der Waals surface area contributed by atoms with Crippen LogP contribution in [0.2, 0.25) is 0 Å². The quantitative estimate of drug-likeness (QED) is 0.466. The first kappa shape index (κ1) is 24.1. The Hall–Kier alpha value is -4.56. The molecule has 0 saturated heterocycles. The Morgan fingerprint density at radius 3 is 1.24 bits per heavy atom. The number of hydrogen-bond acceptors (Lipinski definition) is 8. The third kappa shape index (κ3) is 4.48. The van der Waals surface area contributed by atoms with Crippen molar-refractivity contribution in [3.05, 3.63) is 59.7 Å². The lowest BCUT2D eigenvalue weighted by molar-refractivity contribution is 0.394. The Morgan fingerprint density at radius 1 is 0.559 bits per heavy atom. The summed E-state index contributed by atoms with van der Waals surface area (Å²) in [5.74, 6) is 2.46. The molecule has 0 heterocycles. The van der Waals surface area contributed by atoms with E-state index in [9.17, 15) is 10.5 Å². The standard InChI is InChI=1S/C26H26N4O4/c1-29(21-9-7-19(31-3)13-25(21)33-5)23-11-18(16-28)24(12-17(23)15-27)30(2)22-10-8-20(32-4)14-26(22)34-6/h7-14H,1-6H3. The van der Waals surface area contributed by atoms with Crippen molar-refractivity contribution in [2.24, 2.45) is 0 Å². The minimum atomic E-state index is 0.397. The topological polar surface area (TPSA) is 91.0 Å². The van der Waals surface area contributed by atoms with Gasteiger partial charge in [-0.25, -0.2) is 0 Å². The van der Waals surface area contributed by atoms with Crippen molar-refractivity contribution < 1.29 is 18.9 Å². The van der Waals surface area contributed by atoms with Gasteiger partial charge in [0.1, 0.15) is 35.1 Å². The molecule has 3 aromatic rings. The monoisotopic (exact) mass is 458 g/mol. The number of rotatable bonds is 8. The van der Waals surface area contributed by atoms with Gasteiger partial charge in [0, 0.05) is 26.2 Å². The molecule has 0 aromatic heterocycles. The summed E-state index contributed by atoms with van der Waals surface area (Å²) < 4.78 is 21.6. The van der Waals surface area contributed by atoms with E-state index in [0.29, 0.717) is 45.5 Å². The van der Waals surface area contributed by atoms with Crippen LogP contribution in [-0.2, 0) is 0 Å². The average Bonchev–Trinajstić information content (AvgIpc) is 2.90. The summed E-state index contributed by atoms with van der Waals surface area (Å²) in [5.41, 5.74) is 3.38. The maximum absolute atomic E-state index is 9.96. The molecule has 0 aliphatic heterocycles. The lowest BCUT2D eigenvalue weighted by Gasteiger charge is -2.27. The normalized spacial score (nSPS) is 10.0. The van der Waals surface area contributed by atoms with E-state index in [4.69, 9.17) is 18.9 Å². The average molecular weight is 459 g/mol. The second kappa shape index (κ2) is 10.4. The van der Waals surface area contributed by atoms with Crippen molar-refractivity contribution in [2.75, 3.05) is 52.3 Å². The maximum atomic E-state index is 9.96. The van der Waals surface area contributed by atoms with Gasteiger partial charge in [0.15, 0.2) is 0 Å². The van der Waals surface area contributed by atoms with Gasteiger partial charge >= 0.3 is 0 Å². The summed E-state index contributed by atoms with van der Waals surface area (Å²) in [6.07, 6.45) is 0. The van der Waals surface area contributed by atoms with Crippen molar-refractivity contribution in [3.63, 3.8) is 0 Å². The SMILES string of the molecule is COc1ccc(N(C)c2cc(C#N)c(N(C)c3ccc(OC)cc3OC)cc2C#N)c(OC)c1. The molecule has 34 heavy (non-hydrogen) atoms. The molecule has 0 saturated carbocycles. The van der Waals surface area contributed by atoms with E-state index in [1.165, 1.54) is 0 Å². The third-order valence-corrected chi connectivity index (χ3v) is 5.57. The molecule has 0 amide bonds. The van der Waals surface area contributed by atoms with Crippen molar-refractivity contribution >= 4 is 22.7 Å². The van der Waals surface area contributed by atoms with Crippen LogP contribution in [0.4, 0.5) is 22.7 Å². The minimum absolute atomic E-state index is 0.397. The molecule has 8 heteroatoms. The summed E-state index contributed by atoms with van der Waals surface area (Å²) in [5, 5.41) is 19.9. The number of anilines is 4. The first-order valence-corrected chi connectivity index (χ1v) is 10.3. The zero-order chi connectivity index (χ0) is 24.8. The Kier molecular flexibility index (Phi) is 7.35. The van der Waals surface area contributed by atoms with Gasteiger partial charge in [-0.2, -0.15) is 10.5 Å². The predicted octanol–water partition coefficient (Wildman–Crippen LogP) is 5.00. The molecule has 0 fully saturated rings. The highest BCUT2D eigenvalue weighted by atomic mass is 16.5. The van der Waals surface area contributed by atoms with E-state index in [1.807, 2.05) is 48.2 Å². The Bertz CT molecular complexity index is 1180. The predicted molar refractivity (Wildman–Crippen MR) is 131 cm³/mol. The van der Waals surface area contributed by atoms with Gasteiger partial charge in [-0.3, -0.25) is 0 Å². The summed E-state index contributed by atoms with van der Waals surface area (Å²) in [7, 11) is 9.93. The highest BCUT2D eigenvalue weighted by Gasteiger charge is 2.21. The van der Waals surface area contributed by atoms with Crippen LogP contribution in [0.15, 0.2) is 48.5 Å². The second-order valence-electron chi connectivity index (χ2n) is 7.30. The van der Waals surface area contributed by atoms with Crippen LogP contribution >= 0.6 is 0 Å². The first-order chi connectivity index (χ1) is 16.4. The van der Waals surface area contributed by atoms with Crippen molar-refractivity contribution in [1.29, 1.82) is 10.5 Å². The van der Waals surface area contributed by atoms with Crippen LogP contribution in [0.25, 0.3) is 0 Å². The van der Waals surface area contributed by atoms with E-state index in [-0.39, 0.29) is 0 Å². The molecule has 0 radical (unpaired) electrons. The van der Waals surface area contributed by atoms with E-state index in [2.05, 4.69) is 12.1 Å². The zero-order valence-corrected chi connectivity index (χ0v) is 20.0. The van der Waals surface area contributed by atoms with Crippen molar-refractivity contribution in [2.45, 2.75) is 0 Å². The Balaban J connectivity index is 2.12. The molecular weight excluding hydrogens is 432 g/mol. The molecule has 0 aliphatic rings. The van der Waals surface area contributed by atoms with Crippen LogP contribution in [0.3, 0.4) is 0 Å². The van der Waals surface area contributed by atoms with Crippen LogP contribution in [0.5, 0.6) is 23.0 Å². The third-order valence-electron chi connectivity index (χ3n) is 5.57. The number of nitrogens with zero attached hydrogens (tertiary/aromatic N) is 4. The molecule has 0 unspecified atom stereocenters. The van der Waals surface area contributed by atoms with Gasteiger partial charge < -0.3 is 28.7 Å². The van der Waals surface area contributed by atoms with Gasteiger partial charge in [-0.05, 0) is 36.4 Å². The van der Waals surface area contributed by atoms with E-state index in [1.54, 1.807) is 52.7 Å². The van der Waals surface area contributed by atoms with E-state index >= 15 is 0 Å². The highest BCUT2D eigenvalue weighted by molar-refractivity contribution is 5.81. The highest BCUT2D eigenvalue weighted by Crippen LogP contribution is 2.41. The number of hydrogen-bond donors (Lipinski definition) is 0. The van der Waals surface area contributed by atoms with Gasteiger partial charge in [0.05, 0.1) is 62.3 Å². The van der Waals surface area contributed by atoms with Crippen LogP contribution in [-0.4, -0.2) is 42.5 Å². The van der Waals surface area contributed by atoms with Crippen molar-refractivity contribution in [3.8, 4) is 35.1 Å². The largest absolute Gasteiger partial charge is 0.497 e. The molecular formula is C26H26N4O4. The summed E-state index contributed by atoms with van der Waals surface area (Å²) in [4.78, 5) is 3.63. The summed E-state index contributed by atoms with van der Waals surface area (Å²) in [6.45, 7) is 0. The Labute approximate surface area is 199 Å². The molecule has 0 atom stereocenters. The van der Waals surface area contributed by atoms with Crippen LogP contribution < -0.4 is 28.7 Å². The molecule has 0 bridgehead atoms. The van der Waals surface area contributed by atoms with Gasteiger partial charge in [0.2, 0.25) is 0 Å². The smallest absolute Gasteiger partial charge is 0.146 e. The summed E-state index contributed by atoms with van der Waals surface area (Å²) in [6, 6.07) is 18.7. The second-order valence-corrected chi connectivity index (χ2v) is 7.30. The Morgan fingerprint density at radius 2 is 0.941 bits per heavy atom. The van der Waals surface area contributed by atoms with Crippen LogP contribution in [0.1, 0.15) is 11.1 Å². The van der Waals surface area contributed by atoms with Gasteiger partial charge in [-0.1, -0.05) is 0 Å².